The fraction of sp³-hybridized carbons (Fsp3) is 0.308. The zero-order valence-electron chi connectivity index (χ0n) is 9.18. The second-order valence-electron chi connectivity index (χ2n) is 3.67. The molecule has 1 aromatic rings. The lowest BCUT2D eigenvalue weighted by Crippen LogP contribution is -2.14. The molecule has 0 radical (unpaired) electrons. The monoisotopic (exact) mass is 248 g/mol. The lowest BCUT2D eigenvalue weighted by atomic mass is 10.0. The van der Waals surface area contributed by atoms with Crippen LogP contribution in [0.2, 0.25) is 0 Å². The van der Waals surface area contributed by atoms with E-state index >= 15 is 0 Å². The number of benzene rings is 1. The van der Waals surface area contributed by atoms with Gasteiger partial charge in [-0.15, -0.1) is 18.2 Å². The molecule has 0 fully saturated rings. The van der Waals surface area contributed by atoms with Gasteiger partial charge >= 0.3 is 5.97 Å². The molecule has 1 atom stereocenters. The Morgan fingerprint density at radius 2 is 2.47 bits per heavy atom. The Balaban J connectivity index is 2.36. The van der Waals surface area contributed by atoms with E-state index in [0.717, 1.165) is 22.6 Å². The SMILES string of the molecule is C#CCOC1CCSc2c(C(=O)O)cccc21. The minimum Gasteiger partial charge on any atom is -0.478 e. The van der Waals surface area contributed by atoms with Crippen LogP contribution in [-0.4, -0.2) is 23.4 Å². The first kappa shape index (κ1) is 12.0. The topological polar surface area (TPSA) is 46.5 Å². The van der Waals surface area contributed by atoms with E-state index in [1.54, 1.807) is 23.9 Å². The van der Waals surface area contributed by atoms with Crippen molar-refractivity contribution >= 4 is 17.7 Å². The number of hydrogen-bond acceptors (Lipinski definition) is 3. The summed E-state index contributed by atoms with van der Waals surface area (Å²) in [4.78, 5) is 11.9. The van der Waals surface area contributed by atoms with Crippen molar-refractivity contribution in [3.8, 4) is 12.3 Å². The highest BCUT2D eigenvalue weighted by atomic mass is 32.2. The summed E-state index contributed by atoms with van der Waals surface area (Å²) in [5, 5.41) is 9.12. The van der Waals surface area contributed by atoms with Crippen LogP contribution >= 0.6 is 11.8 Å². The van der Waals surface area contributed by atoms with Gasteiger partial charge in [-0.3, -0.25) is 0 Å². The van der Waals surface area contributed by atoms with E-state index in [4.69, 9.17) is 16.3 Å². The molecule has 0 aromatic heterocycles. The lowest BCUT2D eigenvalue weighted by Gasteiger charge is -2.25. The van der Waals surface area contributed by atoms with Crippen LogP contribution in [0.1, 0.15) is 28.4 Å². The molecule has 88 valence electrons. The molecule has 1 unspecified atom stereocenters. The number of fused-ring (bicyclic) bond motifs is 1. The standard InChI is InChI=1S/C13H12O3S/c1-2-7-16-11-6-8-17-12-9(11)4-3-5-10(12)13(14)15/h1,3-5,11H,6-8H2,(H,14,15). The molecule has 1 aliphatic heterocycles. The van der Waals surface area contributed by atoms with Gasteiger partial charge in [-0.05, 0) is 18.1 Å². The van der Waals surface area contributed by atoms with Gasteiger partial charge < -0.3 is 9.84 Å². The fourth-order valence-electron chi connectivity index (χ4n) is 1.88. The molecular weight excluding hydrogens is 236 g/mol. The Morgan fingerprint density at radius 1 is 1.65 bits per heavy atom. The number of carbonyl (C=O) groups is 1. The van der Waals surface area contributed by atoms with E-state index in [2.05, 4.69) is 5.92 Å². The molecule has 0 spiro atoms. The van der Waals surface area contributed by atoms with Crippen LogP contribution in [0.25, 0.3) is 0 Å². The minimum absolute atomic E-state index is 0.0819. The number of aromatic carboxylic acids is 1. The number of ether oxygens (including phenoxy) is 1. The maximum atomic E-state index is 11.1. The summed E-state index contributed by atoms with van der Waals surface area (Å²) >= 11 is 1.57. The molecule has 0 bridgehead atoms. The van der Waals surface area contributed by atoms with E-state index in [-0.39, 0.29) is 12.7 Å². The molecule has 1 aliphatic rings. The van der Waals surface area contributed by atoms with Crippen LogP contribution in [0.4, 0.5) is 0 Å². The predicted molar refractivity (Wildman–Crippen MR) is 66.3 cm³/mol. The highest BCUT2D eigenvalue weighted by Gasteiger charge is 2.25. The molecule has 0 aliphatic carbocycles. The van der Waals surface area contributed by atoms with Crippen molar-refractivity contribution in [2.24, 2.45) is 0 Å². The Hall–Kier alpha value is -1.44. The van der Waals surface area contributed by atoms with Crippen LogP contribution in [-0.2, 0) is 4.74 Å². The van der Waals surface area contributed by atoms with Crippen molar-refractivity contribution in [3.05, 3.63) is 29.3 Å². The van der Waals surface area contributed by atoms with Crippen molar-refractivity contribution < 1.29 is 14.6 Å². The van der Waals surface area contributed by atoms with E-state index < -0.39 is 5.97 Å². The molecule has 0 amide bonds. The molecule has 3 nitrogen and oxygen atoms in total. The second-order valence-corrected chi connectivity index (χ2v) is 4.78. The van der Waals surface area contributed by atoms with Gasteiger partial charge in [-0.25, -0.2) is 4.79 Å². The van der Waals surface area contributed by atoms with Crippen molar-refractivity contribution in [2.45, 2.75) is 17.4 Å². The van der Waals surface area contributed by atoms with Crippen molar-refractivity contribution in [2.75, 3.05) is 12.4 Å². The molecule has 2 rings (SSSR count). The quantitative estimate of drug-likeness (QED) is 0.835. The van der Waals surface area contributed by atoms with Gasteiger partial charge in [0.25, 0.3) is 0 Å². The summed E-state index contributed by atoms with van der Waals surface area (Å²) in [6, 6.07) is 5.28. The lowest BCUT2D eigenvalue weighted by molar-refractivity contribution is 0.0675. The molecule has 1 aromatic carbocycles. The van der Waals surface area contributed by atoms with Crippen LogP contribution in [0, 0.1) is 12.3 Å². The highest BCUT2D eigenvalue weighted by Crippen LogP contribution is 2.40. The summed E-state index contributed by atoms with van der Waals surface area (Å²) in [5.74, 6) is 2.40. The molecular formula is C13H12O3S. The summed E-state index contributed by atoms with van der Waals surface area (Å²) in [6.45, 7) is 0.256. The molecule has 0 saturated carbocycles. The number of thioether (sulfide) groups is 1. The normalized spacial score (nSPS) is 18.2. The fourth-order valence-corrected chi connectivity index (χ4v) is 3.10. The molecule has 1 heterocycles. The summed E-state index contributed by atoms with van der Waals surface area (Å²) in [5.41, 5.74) is 1.29. The van der Waals surface area contributed by atoms with Crippen LogP contribution in [0.15, 0.2) is 23.1 Å². The van der Waals surface area contributed by atoms with Gasteiger partial charge in [0.1, 0.15) is 6.61 Å². The van der Waals surface area contributed by atoms with Crippen molar-refractivity contribution in [1.82, 2.24) is 0 Å². The van der Waals surface area contributed by atoms with Gasteiger partial charge in [-0.2, -0.15) is 0 Å². The Kier molecular flexibility index (Phi) is 3.72. The molecule has 1 N–H and O–H groups in total. The number of terminal acetylenes is 1. The van der Waals surface area contributed by atoms with E-state index in [9.17, 15) is 4.79 Å². The first-order chi connectivity index (χ1) is 8.24. The smallest absolute Gasteiger partial charge is 0.336 e. The summed E-state index contributed by atoms with van der Waals surface area (Å²) in [7, 11) is 0. The Morgan fingerprint density at radius 3 is 3.18 bits per heavy atom. The third-order valence-electron chi connectivity index (χ3n) is 2.62. The van der Waals surface area contributed by atoms with Crippen LogP contribution < -0.4 is 0 Å². The van der Waals surface area contributed by atoms with Gasteiger partial charge in [0, 0.05) is 10.6 Å². The predicted octanol–water partition coefficient (Wildman–Crippen LogP) is 2.57. The zero-order valence-corrected chi connectivity index (χ0v) is 10.00. The van der Waals surface area contributed by atoms with Crippen LogP contribution in [0.5, 0.6) is 0 Å². The zero-order chi connectivity index (χ0) is 12.3. The average Bonchev–Trinajstić information content (AvgIpc) is 2.35. The Bertz CT molecular complexity index is 476. The minimum atomic E-state index is -0.896. The number of hydrogen-bond donors (Lipinski definition) is 1. The first-order valence-electron chi connectivity index (χ1n) is 5.28. The van der Waals surface area contributed by atoms with Crippen molar-refractivity contribution in [3.63, 3.8) is 0 Å². The van der Waals surface area contributed by atoms with E-state index in [1.165, 1.54) is 0 Å². The third-order valence-corrected chi connectivity index (χ3v) is 3.80. The maximum absolute atomic E-state index is 11.1. The van der Waals surface area contributed by atoms with Gasteiger partial charge in [0.2, 0.25) is 0 Å². The second kappa shape index (κ2) is 5.26. The first-order valence-corrected chi connectivity index (χ1v) is 6.26. The van der Waals surface area contributed by atoms with E-state index in [0.29, 0.717) is 5.56 Å². The van der Waals surface area contributed by atoms with Crippen molar-refractivity contribution in [1.29, 1.82) is 0 Å². The molecule has 0 saturated heterocycles. The summed E-state index contributed by atoms with van der Waals surface area (Å²) in [6.07, 6.45) is 5.95. The largest absolute Gasteiger partial charge is 0.478 e. The number of carboxylic acids is 1. The number of carboxylic acid groups (broad SMARTS) is 1. The molecule has 17 heavy (non-hydrogen) atoms. The third kappa shape index (κ3) is 2.46. The van der Waals surface area contributed by atoms with Gasteiger partial charge in [-0.1, -0.05) is 18.1 Å². The average molecular weight is 248 g/mol. The van der Waals surface area contributed by atoms with E-state index in [1.807, 2.05) is 6.07 Å². The number of rotatable bonds is 3. The molecule has 4 heteroatoms. The Labute approximate surface area is 104 Å². The van der Waals surface area contributed by atoms with Crippen LogP contribution in [0.3, 0.4) is 0 Å². The highest BCUT2D eigenvalue weighted by molar-refractivity contribution is 7.99. The maximum Gasteiger partial charge on any atom is 0.336 e. The summed E-state index contributed by atoms with van der Waals surface area (Å²) < 4.78 is 5.55. The van der Waals surface area contributed by atoms with Gasteiger partial charge in [0.05, 0.1) is 11.7 Å². The van der Waals surface area contributed by atoms with Gasteiger partial charge in [0.15, 0.2) is 0 Å².